The van der Waals surface area contributed by atoms with E-state index in [0.29, 0.717) is 11.6 Å². The zero-order valence-electron chi connectivity index (χ0n) is 22.9. The summed E-state index contributed by atoms with van der Waals surface area (Å²) in [7, 11) is 0. The number of carbonyl (C=O) groups is 1. The molecule has 0 amide bonds. The third kappa shape index (κ3) is 5.46. The molecule has 1 heterocycles. The van der Waals surface area contributed by atoms with Gasteiger partial charge in [0, 0.05) is 24.7 Å². The van der Waals surface area contributed by atoms with Crippen molar-refractivity contribution in [2.24, 2.45) is 0 Å². The number of carboxylic acid groups (broad SMARTS) is 1. The predicted molar refractivity (Wildman–Crippen MR) is 148 cm³/mol. The monoisotopic (exact) mass is 501 g/mol. The van der Waals surface area contributed by atoms with E-state index in [-0.39, 0.29) is 22.1 Å². The number of aromatic hydroxyl groups is 1. The molecular weight excluding hydrogens is 462 g/mol. The zero-order chi connectivity index (χ0) is 27.1. The van der Waals surface area contributed by atoms with Crippen LogP contribution in [0.5, 0.6) is 5.75 Å². The molecule has 0 radical (unpaired) electrons. The van der Waals surface area contributed by atoms with Crippen LogP contribution in [0, 0.1) is 11.8 Å². The van der Waals surface area contributed by atoms with Gasteiger partial charge in [-0.15, -0.1) is 0 Å². The summed E-state index contributed by atoms with van der Waals surface area (Å²) >= 11 is 0. The molecule has 2 aromatic rings. The van der Waals surface area contributed by atoms with Crippen molar-refractivity contribution in [1.82, 2.24) is 4.90 Å². The standard InChI is InChI=1S/C32H39NO4/c1-20(2)33-15-11-22(12-16-33)25-18-23(19-26-29(25)32(5,6)14-13-31(26,3)4)27(34)10-8-21-7-9-24(30(36)37)28(35)17-21/h7,9,11,17-20,27,34-35H,12-16H2,1-6H3,(H,36,37). The number of phenols is 1. The maximum atomic E-state index is 11.2. The van der Waals surface area contributed by atoms with Gasteiger partial charge in [-0.05, 0) is 96.0 Å². The number of nitrogens with zero attached hydrogens (tertiary/aromatic N) is 1. The first-order valence-corrected chi connectivity index (χ1v) is 13.2. The molecule has 0 saturated heterocycles. The van der Waals surface area contributed by atoms with Gasteiger partial charge in [-0.3, -0.25) is 4.90 Å². The van der Waals surface area contributed by atoms with Gasteiger partial charge >= 0.3 is 5.97 Å². The number of hydrogen-bond acceptors (Lipinski definition) is 4. The lowest BCUT2D eigenvalue weighted by Gasteiger charge is -2.44. The Morgan fingerprint density at radius 3 is 2.35 bits per heavy atom. The fraction of sp³-hybridized carbons (Fsp3) is 0.469. The Kier molecular flexibility index (Phi) is 7.29. The van der Waals surface area contributed by atoms with Crippen LogP contribution in [-0.4, -0.2) is 45.3 Å². The second kappa shape index (κ2) is 10.0. The van der Waals surface area contributed by atoms with Crippen molar-refractivity contribution in [2.75, 3.05) is 13.1 Å². The molecule has 2 aromatic carbocycles. The molecule has 1 unspecified atom stereocenters. The molecular formula is C32H39NO4. The van der Waals surface area contributed by atoms with Crippen LogP contribution in [0.25, 0.3) is 5.57 Å². The van der Waals surface area contributed by atoms with Gasteiger partial charge in [-0.25, -0.2) is 4.79 Å². The highest BCUT2D eigenvalue weighted by molar-refractivity contribution is 5.90. The summed E-state index contributed by atoms with van der Waals surface area (Å²) in [6, 6.07) is 8.96. The number of fused-ring (bicyclic) bond motifs is 1. The quantitative estimate of drug-likeness (QED) is 0.446. The van der Waals surface area contributed by atoms with Crippen LogP contribution in [0.1, 0.15) is 105 Å². The summed E-state index contributed by atoms with van der Waals surface area (Å²) in [6.45, 7) is 15.6. The topological polar surface area (TPSA) is 81.0 Å². The van der Waals surface area contributed by atoms with Gasteiger partial charge in [-0.1, -0.05) is 51.7 Å². The minimum atomic E-state index is -1.20. The summed E-state index contributed by atoms with van der Waals surface area (Å²) in [5.41, 5.74) is 6.32. The second-order valence-electron chi connectivity index (χ2n) is 12.0. The van der Waals surface area contributed by atoms with Crippen LogP contribution < -0.4 is 0 Å². The Morgan fingerprint density at radius 2 is 1.76 bits per heavy atom. The van der Waals surface area contributed by atoms with Crippen molar-refractivity contribution in [3.63, 3.8) is 0 Å². The fourth-order valence-corrected chi connectivity index (χ4v) is 5.65. The number of aliphatic hydroxyl groups is 1. The van der Waals surface area contributed by atoms with Gasteiger partial charge in [0.1, 0.15) is 17.4 Å². The number of carboxylic acids is 1. The Labute approximate surface area is 220 Å². The van der Waals surface area contributed by atoms with Crippen molar-refractivity contribution >= 4 is 11.5 Å². The summed E-state index contributed by atoms with van der Waals surface area (Å²) < 4.78 is 0. The van der Waals surface area contributed by atoms with Gasteiger partial charge in [-0.2, -0.15) is 0 Å². The number of benzene rings is 2. The summed E-state index contributed by atoms with van der Waals surface area (Å²) in [5, 5.41) is 30.3. The molecule has 0 spiro atoms. The second-order valence-corrected chi connectivity index (χ2v) is 12.0. The molecule has 5 heteroatoms. The highest BCUT2D eigenvalue weighted by Gasteiger charge is 2.40. The Bertz CT molecular complexity index is 1310. The van der Waals surface area contributed by atoms with Gasteiger partial charge in [0.25, 0.3) is 0 Å². The first-order chi connectivity index (χ1) is 17.3. The molecule has 196 valence electrons. The van der Waals surface area contributed by atoms with E-state index in [1.165, 1.54) is 34.4 Å². The lowest BCUT2D eigenvalue weighted by atomic mass is 9.61. The van der Waals surface area contributed by atoms with Crippen molar-refractivity contribution < 1.29 is 20.1 Å². The van der Waals surface area contributed by atoms with E-state index in [1.807, 2.05) is 0 Å². The first-order valence-electron chi connectivity index (χ1n) is 13.2. The molecule has 1 aliphatic heterocycles. The highest BCUT2D eigenvalue weighted by Crippen LogP contribution is 2.49. The molecule has 0 fully saturated rings. The van der Waals surface area contributed by atoms with E-state index in [2.05, 4.69) is 76.5 Å². The van der Waals surface area contributed by atoms with Crippen LogP contribution >= 0.6 is 0 Å². The molecule has 1 aliphatic carbocycles. The summed E-state index contributed by atoms with van der Waals surface area (Å²) in [6.07, 6.45) is 4.51. The third-order valence-corrected chi connectivity index (χ3v) is 8.16. The molecule has 0 aromatic heterocycles. The average Bonchev–Trinajstić information content (AvgIpc) is 2.84. The third-order valence-electron chi connectivity index (χ3n) is 8.16. The van der Waals surface area contributed by atoms with Gasteiger partial charge < -0.3 is 15.3 Å². The van der Waals surface area contributed by atoms with E-state index >= 15 is 0 Å². The molecule has 5 nitrogen and oxygen atoms in total. The molecule has 2 aliphatic rings. The Morgan fingerprint density at radius 1 is 1.05 bits per heavy atom. The highest BCUT2D eigenvalue weighted by atomic mass is 16.4. The van der Waals surface area contributed by atoms with E-state index in [0.717, 1.165) is 37.9 Å². The number of rotatable bonds is 4. The van der Waals surface area contributed by atoms with Gasteiger partial charge in [0.15, 0.2) is 0 Å². The van der Waals surface area contributed by atoms with Crippen molar-refractivity contribution in [1.29, 1.82) is 0 Å². The van der Waals surface area contributed by atoms with Gasteiger partial charge in [0.2, 0.25) is 0 Å². The van der Waals surface area contributed by atoms with Crippen LogP contribution in [-0.2, 0) is 10.8 Å². The van der Waals surface area contributed by atoms with E-state index in [9.17, 15) is 15.0 Å². The van der Waals surface area contributed by atoms with Crippen LogP contribution in [0.2, 0.25) is 0 Å². The minimum Gasteiger partial charge on any atom is -0.507 e. The van der Waals surface area contributed by atoms with Crippen LogP contribution in [0.4, 0.5) is 0 Å². The minimum absolute atomic E-state index is 0.0135. The van der Waals surface area contributed by atoms with E-state index in [1.54, 1.807) is 6.07 Å². The number of hydrogen-bond donors (Lipinski definition) is 3. The zero-order valence-corrected chi connectivity index (χ0v) is 22.9. The normalized spacial score (nSPS) is 19.4. The average molecular weight is 502 g/mol. The molecule has 4 rings (SSSR count). The Hall–Kier alpha value is -3.07. The fourth-order valence-electron chi connectivity index (χ4n) is 5.65. The largest absolute Gasteiger partial charge is 0.507 e. The van der Waals surface area contributed by atoms with E-state index < -0.39 is 12.1 Å². The van der Waals surface area contributed by atoms with Crippen molar-refractivity contribution in [3.05, 3.63) is 69.8 Å². The first kappa shape index (κ1) is 27.0. The maximum Gasteiger partial charge on any atom is 0.339 e. The lowest BCUT2D eigenvalue weighted by Crippen LogP contribution is -2.37. The van der Waals surface area contributed by atoms with Gasteiger partial charge in [0.05, 0.1) is 0 Å². The molecule has 0 saturated carbocycles. The molecule has 0 bridgehead atoms. The predicted octanol–water partition coefficient (Wildman–Crippen LogP) is 6.02. The van der Waals surface area contributed by atoms with Crippen molar-refractivity contribution in [3.8, 4) is 17.6 Å². The summed E-state index contributed by atoms with van der Waals surface area (Å²) in [4.78, 5) is 13.6. The summed E-state index contributed by atoms with van der Waals surface area (Å²) in [5.74, 6) is 4.29. The van der Waals surface area contributed by atoms with Crippen LogP contribution in [0.15, 0.2) is 36.4 Å². The van der Waals surface area contributed by atoms with Crippen molar-refractivity contribution in [2.45, 2.75) is 83.8 Å². The number of aliphatic hydroxyl groups excluding tert-OH is 1. The van der Waals surface area contributed by atoms with Crippen LogP contribution in [0.3, 0.4) is 0 Å². The van der Waals surface area contributed by atoms with E-state index in [4.69, 9.17) is 5.11 Å². The molecule has 3 N–H and O–H groups in total. The SMILES string of the molecule is CC(C)N1CC=C(c2cc(C(O)C#Cc3ccc(C(=O)O)c(O)c3)cc3c2C(C)(C)CCC3(C)C)CC1. The lowest BCUT2D eigenvalue weighted by molar-refractivity contribution is 0.0693. The smallest absolute Gasteiger partial charge is 0.339 e. The number of aromatic carboxylic acids is 1. The molecule has 1 atom stereocenters. The maximum absolute atomic E-state index is 11.2. The Balaban J connectivity index is 1.78. The molecule has 37 heavy (non-hydrogen) atoms.